The van der Waals surface area contributed by atoms with E-state index in [1.165, 1.54) is 76.7 Å². The SMILES string of the molecule is C1=CCC(N2c3ccccc3B3c4cc5c(cc4N(c4ccccc4)c4cc(N(c6ccccc6)c6ccccc6)cc2c43)Sc2cc(N(c3ccccc3)c3ccccc3)cc3c2B5c2ccccc2N3c2ccccc2)C=C1. The van der Waals surface area contributed by atoms with Crippen molar-refractivity contribution in [1.82, 2.24) is 0 Å². The molecule has 0 bridgehead atoms. The van der Waals surface area contributed by atoms with Gasteiger partial charge in [-0.05, 0) is 149 Å². The fourth-order valence-corrected chi connectivity index (χ4v) is 14.6. The van der Waals surface area contributed by atoms with E-state index >= 15 is 0 Å². The standard InChI is InChI=1S/C72H51B2N5S/c1-8-26-50(27-9-1)75(51-28-10-2-11-29-51)57-44-66-71-67(45-57)79(56-38-20-7-21-39-56)65-49-69-62(48-61(65)73(71)59-40-22-24-42-63(59)77(66)54-34-16-5-17-35-54)74-60-41-23-25-43-64(60)78(55-36-18-6-19-37-55)68-46-58(47-70(80-69)72(68)74)76(52-30-12-3-13-31-52)53-32-14-4-15-33-53/h1-34,36-49,54H,35H2. The lowest BCUT2D eigenvalue weighted by molar-refractivity contribution is 0.787. The Hall–Kier alpha value is -9.62. The van der Waals surface area contributed by atoms with Gasteiger partial charge in [-0.25, -0.2) is 0 Å². The third-order valence-electron chi connectivity index (χ3n) is 16.7. The number of rotatable bonds is 9. The molecular weight excluding hydrogens is 989 g/mol. The van der Waals surface area contributed by atoms with Crippen LogP contribution in [0.4, 0.5) is 79.6 Å². The molecule has 4 aliphatic heterocycles. The summed E-state index contributed by atoms with van der Waals surface area (Å²) in [6.07, 6.45) is 10.0. The zero-order chi connectivity index (χ0) is 52.7. The highest BCUT2D eigenvalue weighted by Gasteiger charge is 2.48. The number of benzene rings is 11. The summed E-state index contributed by atoms with van der Waals surface area (Å²) in [4.78, 5) is 15.1. The molecule has 0 aromatic heterocycles. The van der Waals surface area contributed by atoms with Crippen molar-refractivity contribution in [3.63, 3.8) is 0 Å². The molecule has 0 radical (unpaired) electrons. The van der Waals surface area contributed by atoms with E-state index in [4.69, 9.17) is 0 Å². The van der Waals surface area contributed by atoms with Gasteiger partial charge in [0, 0.05) is 83.7 Å². The summed E-state index contributed by atoms with van der Waals surface area (Å²) in [5, 5.41) is 0. The highest BCUT2D eigenvalue weighted by molar-refractivity contribution is 8.00. The molecule has 4 heterocycles. The van der Waals surface area contributed by atoms with E-state index in [2.05, 4.69) is 316 Å². The fraction of sp³-hybridized carbons (Fsp3) is 0.0278. The predicted octanol–water partition coefficient (Wildman–Crippen LogP) is 15.0. The molecule has 8 heteroatoms. The summed E-state index contributed by atoms with van der Waals surface area (Å²) in [6, 6.07) is 99.0. The van der Waals surface area contributed by atoms with Gasteiger partial charge < -0.3 is 24.5 Å². The van der Waals surface area contributed by atoms with Crippen LogP contribution in [0.5, 0.6) is 0 Å². The van der Waals surface area contributed by atoms with Crippen LogP contribution in [-0.2, 0) is 0 Å². The molecule has 376 valence electrons. The Morgan fingerprint density at radius 1 is 0.338 bits per heavy atom. The first kappa shape index (κ1) is 46.5. The van der Waals surface area contributed by atoms with Crippen LogP contribution < -0.4 is 57.3 Å². The maximum Gasteiger partial charge on any atom is 0.252 e. The van der Waals surface area contributed by atoms with Crippen molar-refractivity contribution in [2.75, 3.05) is 24.5 Å². The third-order valence-corrected chi connectivity index (χ3v) is 17.8. The van der Waals surface area contributed by atoms with Crippen LogP contribution in [0.2, 0.25) is 0 Å². The van der Waals surface area contributed by atoms with Crippen molar-refractivity contribution in [3.8, 4) is 0 Å². The van der Waals surface area contributed by atoms with Crippen molar-refractivity contribution in [2.45, 2.75) is 22.3 Å². The Morgan fingerprint density at radius 3 is 1.34 bits per heavy atom. The molecule has 1 aliphatic carbocycles. The molecule has 11 aromatic rings. The smallest absolute Gasteiger partial charge is 0.252 e. The monoisotopic (exact) mass is 1040 g/mol. The van der Waals surface area contributed by atoms with E-state index in [0.717, 1.165) is 51.9 Å². The van der Waals surface area contributed by atoms with Crippen LogP contribution in [0, 0.1) is 0 Å². The summed E-state index contributed by atoms with van der Waals surface area (Å²) in [5.74, 6) is 0. The van der Waals surface area contributed by atoms with Crippen LogP contribution in [0.25, 0.3) is 0 Å². The second-order valence-electron chi connectivity index (χ2n) is 21.2. The molecule has 16 rings (SSSR count). The van der Waals surface area contributed by atoms with E-state index in [0.29, 0.717) is 0 Å². The van der Waals surface area contributed by atoms with E-state index in [-0.39, 0.29) is 19.5 Å². The van der Waals surface area contributed by atoms with Gasteiger partial charge in [0.15, 0.2) is 0 Å². The van der Waals surface area contributed by atoms with Gasteiger partial charge in [0.25, 0.3) is 6.71 Å². The van der Waals surface area contributed by atoms with E-state index < -0.39 is 0 Å². The number of hydrogen-bond acceptors (Lipinski definition) is 6. The number of allylic oxidation sites excluding steroid dienone is 2. The van der Waals surface area contributed by atoms with Gasteiger partial charge in [-0.3, -0.25) is 0 Å². The van der Waals surface area contributed by atoms with Gasteiger partial charge in [-0.2, -0.15) is 0 Å². The maximum absolute atomic E-state index is 2.65. The molecule has 1 unspecified atom stereocenters. The molecule has 0 saturated carbocycles. The zero-order valence-corrected chi connectivity index (χ0v) is 44.6. The van der Waals surface area contributed by atoms with Crippen LogP contribution >= 0.6 is 11.8 Å². The normalized spacial score (nSPS) is 14.8. The first-order valence-corrected chi connectivity index (χ1v) is 28.6. The molecule has 5 nitrogen and oxygen atoms in total. The quantitative estimate of drug-likeness (QED) is 0.133. The summed E-state index contributed by atoms with van der Waals surface area (Å²) in [6.45, 7) is -0.105. The van der Waals surface area contributed by atoms with Crippen molar-refractivity contribution in [1.29, 1.82) is 0 Å². The predicted molar refractivity (Wildman–Crippen MR) is 340 cm³/mol. The number of fused-ring (bicyclic) bond motifs is 8. The number of para-hydroxylation sites is 8. The van der Waals surface area contributed by atoms with Crippen molar-refractivity contribution < 1.29 is 0 Å². The Kier molecular flexibility index (Phi) is 11.1. The molecule has 0 fully saturated rings. The minimum Gasteiger partial charge on any atom is -0.335 e. The Labute approximate surface area is 472 Å². The second-order valence-corrected chi connectivity index (χ2v) is 22.2. The van der Waals surface area contributed by atoms with E-state index in [1.54, 1.807) is 0 Å². The minimum absolute atomic E-state index is 0.0399. The lowest BCUT2D eigenvalue weighted by Crippen LogP contribution is -2.65. The Morgan fingerprint density at radius 2 is 0.787 bits per heavy atom. The summed E-state index contributed by atoms with van der Waals surface area (Å²) in [7, 11) is 0. The first-order chi connectivity index (χ1) is 39.7. The van der Waals surface area contributed by atoms with Crippen LogP contribution in [0.3, 0.4) is 0 Å². The van der Waals surface area contributed by atoms with Gasteiger partial charge in [0.2, 0.25) is 6.71 Å². The van der Waals surface area contributed by atoms with Crippen molar-refractivity contribution >= 4 is 138 Å². The lowest BCUT2D eigenvalue weighted by atomic mass is 9.31. The molecule has 0 amide bonds. The molecule has 11 aromatic carbocycles. The summed E-state index contributed by atoms with van der Waals surface area (Å²) < 4.78 is 0. The number of nitrogens with zero attached hydrogens (tertiary/aromatic N) is 5. The fourth-order valence-electron chi connectivity index (χ4n) is 13.4. The summed E-state index contributed by atoms with van der Waals surface area (Å²) >= 11 is 1.92. The van der Waals surface area contributed by atoms with Gasteiger partial charge in [0.1, 0.15) is 0 Å². The first-order valence-electron chi connectivity index (χ1n) is 27.8. The Bertz CT molecular complexity index is 4160. The highest BCUT2D eigenvalue weighted by atomic mass is 32.2. The van der Waals surface area contributed by atoms with Crippen LogP contribution in [0.15, 0.2) is 301 Å². The largest absolute Gasteiger partial charge is 0.335 e. The maximum atomic E-state index is 2.65. The summed E-state index contributed by atoms with van der Waals surface area (Å²) in [5.41, 5.74) is 24.1. The van der Waals surface area contributed by atoms with Crippen molar-refractivity contribution in [3.05, 3.63) is 291 Å². The molecule has 0 N–H and O–H groups in total. The lowest BCUT2D eigenvalue weighted by Gasteiger charge is -2.47. The average Bonchev–Trinajstić information content (AvgIpc) is 3.61. The van der Waals surface area contributed by atoms with Crippen LogP contribution in [-0.4, -0.2) is 19.5 Å². The van der Waals surface area contributed by atoms with Gasteiger partial charge in [0.05, 0.1) is 11.7 Å². The van der Waals surface area contributed by atoms with Gasteiger partial charge >= 0.3 is 0 Å². The second kappa shape index (κ2) is 19.1. The van der Waals surface area contributed by atoms with Gasteiger partial charge in [-0.1, -0.05) is 193 Å². The molecule has 0 saturated heterocycles. The topological polar surface area (TPSA) is 16.2 Å². The molecule has 0 spiro atoms. The van der Waals surface area contributed by atoms with E-state index in [9.17, 15) is 0 Å². The number of hydrogen-bond donors (Lipinski definition) is 0. The molecule has 1 atom stereocenters. The van der Waals surface area contributed by atoms with Crippen molar-refractivity contribution in [2.24, 2.45) is 0 Å². The zero-order valence-electron chi connectivity index (χ0n) is 43.8. The molecule has 80 heavy (non-hydrogen) atoms. The third kappa shape index (κ3) is 7.43. The molecular formula is C72H51B2N5S. The minimum atomic E-state index is -0.0648. The number of anilines is 14. The van der Waals surface area contributed by atoms with E-state index in [1.807, 2.05) is 11.8 Å². The van der Waals surface area contributed by atoms with Gasteiger partial charge in [-0.15, -0.1) is 0 Å². The van der Waals surface area contributed by atoms with Crippen LogP contribution in [0.1, 0.15) is 6.42 Å². The average molecular weight is 1040 g/mol. The Balaban J connectivity index is 0.977. The highest BCUT2D eigenvalue weighted by Crippen LogP contribution is 2.50. The molecule has 5 aliphatic rings.